The summed E-state index contributed by atoms with van der Waals surface area (Å²) in [5.41, 5.74) is 0. The number of carbonyl (C=O) groups excluding carboxylic acids is 2. The third-order valence-corrected chi connectivity index (χ3v) is 4.71. The summed E-state index contributed by atoms with van der Waals surface area (Å²) < 4.78 is 9.98. The third-order valence-electron chi connectivity index (χ3n) is 4.71. The van der Waals surface area contributed by atoms with Gasteiger partial charge in [0.1, 0.15) is 0 Å². The highest BCUT2D eigenvalue weighted by molar-refractivity contribution is 5.94. The standard InChI is InChI=1S/C27H44O4/c1-4-7-8-9-10-11-12-13-14-15-16-17-18-19-20-21-22-23-24-25(26(28)30-5-2)27(29)31-6-3/h10-11,13-14,16-17,19-20,25H,4-9,12,15,18,21-24H2,1-3H3/b11-10-,14-13-,17-16-,20-19-. The lowest BCUT2D eigenvalue weighted by Gasteiger charge is -2.13. The zero-order valence-electron chi connectivity index (χ0n) is 20.0. The van der Waals surface area contributed by atoms with Crippen LogP contribution in [0.5, 0.6) is 0 Å². The summed E-state index contributed by atoms with van der Waals surface area (Å²) in [6.07, 6.45) is 28.8. The largest absolute Gasteiger partial charge is 0.465 e. The van der Waals surface area contributed by atoms with Crippen LogP contribution in [0.2, 0.25) is 0 Å². The Morgan fingerprint density at radius 1 is 0.613 bits per heavy atom. The van der Waals surface area contributed by atoms with Crippen molar-refractivity contribution in [2.75, 3.05) is 13.2 Å². The lowest BCUT2D eigenvalue weighted by atomic mass is 10.0. The molecule has 0 heterocycles. The van der Waals surface area contributed by atoms with Crippen LogP contribution in [0, 0.1) is 5.92 Å². The van der Waals surface area contributed by atoms with Crippen LogP contribution in [-0.2, 0) is 19.1 Å². The maximum atomic E-state index is 11.9. The van der Waals surface area contributed by atoms with E-state index in [2.05, 4.69) is 55.5 Å². The molecule has 0 aromatic rings. The predicted molar refractivity (Wildman–Crippen MR) is 130 cm³/mol. The Balaban J connectivity index is 3.83. The number of hydrogen-bond donors (Lipinski definition) is 0. The minimum atomic E-state index is -0.795. The Morgan fingerprint density at radius 2 is 1.03 bits per heavy atom. The highest BCUT2D eigenvalue weighted by Crippen LogP contribution is 2.14. The first kappa shape index (κ1) is 28.9. The number of ether oxygens (including phenoxy) is 2. The summed E-state index contributed by atoms with van der Waals surface area (Å²) in [6, 6.07) is 0. The van der Waals surface area contributed by atoms with E-state index in [4.69, 9.17) is 9.47 Å². The molecule has 0 rings (SSSR count). The molecule has 0 atom stereocenters. The van der Waals surface area contributed by atoms with Gasteiger partial charge in [-0.05, 0) is 65.2 Å². The van der Waals surface area contributed by atoms with Gasteiger partial charge in [0.2, 0.25) is 0 Å². The van der Waals surface area contributed by atoms with Crippen molar-refractivity contribution >= 4 is 11.9 Å². The van der Waals surface area contributed by atoms with Crippen LogP contribution in [0.4, 0.5) is 0 Å². The normalized spacial score (nSPS) is 12.1. The van der Waals surface area contributed by atoms with Crippen molar-refractivity contribution in [3.63, 3.8) is 0 Å². The van der Waals surface area contributed by atoms with Crippen molar-refractivity contribution < 1.29 is 19.1 Å². The molecule has 0 aromatic carbocycles. The van der Waals surface area contributed by atoms with Crippen LogP contribution in [0.25, 0.3) is 0 Å². The first-order valence-electron chi connectivity index (χ1n) is 12.1. The van der Waals surface area contributed by atoms with Gasteiger partial charge in [-0.25, -0.2) is 0 Å². The molecular formula is C27H44O4. The van der Waals surface area contributed by atoms with Crippen molar-refractivity contribution in [3.05, 3.63) is 48.6 Å². The minimum Gasteiger partial charge on any atom is -0.465 e. The van der Waals surface area contributed by atoms with Crippen LogP contribution in [0.3, 0.4) is 0 Å². The monoisotopic (exact) mass is 432 g/mol. The molecule has 4 nitrogen and oxygen atoms in total. The average Bonchev–Trinajstić information content (AvgIpc) is 2.75. The second kappa shape index (κ2) is 22.6. The molecule has 0 aliphatic heterocycles. The Kier molecular flexibility index (Phi) is 21.1. The number of hydrogen-bond acceptors (Lipinski definition) is 4. The summed E-state index contributed by atoms with van der Waals surface area (Å²) in [7, 11) is 0. The Morgan fingerprint density at radius 3 is 1.45 bits per heavy atom. The maximum absolute atomic E-state index is 11.9. The Labute approximate surface area is 190 Å². The van der Waals surface area contributed by atoms with E-state index in [1.165, 1.54) is 25.7 Å². The number of esters is 2. The van der Waals surface area contributed by atoms with Crippen LogP contribution in [0.1, 0.15) is 91.4 Å². The maximum Gasteiger partial charge on any atom is 0.320 e. The smallest absolute Gasteiger partial charge is 0.320 e. The van der Waals surface area contributed by atoms with Crippen LogP contribution in [-0.4, -0.2) is 25.2 Å². The molecule has 31 heavy (non-hydrogen) atoms. The minimum absolute atomic E-state index is 0.275. The topological polar surface area (TPSA) is 52.6 Å². The quantitative estimate of drug-likeness (QED) is 0.0932. The number of allylic oxidation sites excluding steroid dienone is 8. The molecule has 4 heteroatoms. The fourth-order valence-corrected chi connectivity index (χ4v) is 2.99. The van der Waals surface area contributed by atoms with Gasteiger partial charge in [-0.2, -0.15) is 0 Å². The van der Waals surface area contributed by atoms with Crippen LogP contribution >= 0.6 is 0 Å². The highest BCUT2D eigenvalue weighted by atomic mass is 16.6. The molecule has 0 saturated carbocycles. The summed E-state index contributed by atoms with van der Waals surface area (Å²) in [4.78, 5) is 23.8. The van der Waals surface area contributed by atoms with Crippen molar-refractivity contribution in [3.8, 4) is 0 Å². The van der Waals surface area contributed by atoms with Crippen LogP contribution < -0.4 is 0 Å². The second-order valence-electron chi connectivity index (χ2n) is 7.43. The number of carbonyl (C=O) groups is 2. The van der Waals surface area contributed by atoms with Gasteiger partial charge in [0.05, 0.1) is 13.2 Å². The molecular weight excluding hydrogens is 388 g/mol. The van der Waals surface area contributed by atoms with Gasteiger partial charge in [0.15, 0.2) is 5.92 Å². The fourth-order valence-electron chi connectivity index (χ4n) is 2.99. The van der Waals surface area contributed by atoms with Gasteiger partial charge < -0.3 is 9.47 Å². The van der Waals surface area contributed by atoms with E-state index < -0.39 is 17.9 Å². The van der Waals surface area contributed by atoms with Crippen molar-refractivity contribution in [2.45, 2.75) is 91.4 Å². The van der Waals surface area contributed by atoms with Gasteiger partial charge in [0.25, 0.3) is 0 Å². The number of rotatable bonds is 19. The lowest BCUT2D eigenvalue weighted by Crippen LogP contribution is -2.28. The molecule has 0 aromatic heterocycles. The van der Waals surface area contributed by atoms with Gasteiger partial charge in [-0.15, -0.1) is 0 Å². The van der Waals surface area contributed by atoms with E-state index >= 15 is 0 Å². The average molecular weight is 433 g/mol. The molecule has 176 valence electrons. The van der Waals surface area contributed by atoms with Crippen molar-refractivity contribution in [2.24, 2.45) is 5.92 Å². The van der Waals surface area contributed by atoms with Gasteiger partial charge in [0, 0.05) is 0 Å². The molecule has 0 aliphatic rings. The highest BCUT2D eigenvalue weighted by Gasteiger charge is 2.28. The van der Waals surface area contributed by atoms with Gasteiger partial charge in [-0.1, -0.05) is 74.8 Å². The molecule has 0 saturated heterocycles. The van der Waals surface area contributed by atoms with E-state index in [1.807, 2.05) is 0 Å². The SMILES string of the molecule is CCCCC/C=C\C/C=C\C/C=C\C/C=C\CCCCC(C(=O)OCC)C(=O)OCC. The van der Waals surface area contributed by atoms with Gasteiger partial charge >= 0.3 is 11.9 Å². The molecule has 0 unspecified atom stereocenters. The van der Waals surface area contributed by atoms with Crippen molar-refractivity contribution in [1.29, 1.82) is 0 Å². The van der Waals surface area contributed by atoms with E-state index in [9.17, 15) is 9.59 Å². The molecule has 0 bridgehead atoms. The zero-order valence-corrected chi connectivity index (χ0v) is 20.0. The fraction of sp³-hybridized carbons (Fsp3) is 0.630. The van der Waals surface area contributed by atoms with E-state index in [0.29, 0.717) is 6.42 Å². The van der Waals surface area contributed by atoms with E-state index in [-0.39, 0.29) is 13.2 Å². The molecule has 0 N–H and O–H groups in total. The zero-order chi connectivity index (χ0) is 23.0. The molecule has 0 fully saturated rings. The van der Waals surface area contributed by atoms with Crippen molar-refractivity contribution in [1.82, 2.24) is 0 Å². The second-order valence-corrected chi connectivity index (χ2v) is 7.43. The van der Waals surface area contributed by atoms with E-state index in [1.54, 1.807) is 13.8 Å². The summed E-state index contributed by atoms with van der Waals surface area (Å²) >= 11 is 0. The third kappa shape index (κ3) is 18.4. The van der Waals surface area contributed by atoms with E-state index in [0.717, 1.165) is 38.5 Å². The molecule has 0 spiro atoms. The summed E-state index contributed by atoms with van der Waals surface area (Å²) in [5.74, 6) is -1.74. The van der Waals surface area contributed by atoms with Gasteiger partial charge in [-0.3, -0.25) is 9.59 Å². The first-order chi connectivity index (χ1) is 15.2. The Bertz CT molecular complexity index is 540. The Hall–Kier alpha value is -2.10. The number of unbranched alkanes of at least 4 members (excludes halogenated alkanes) is 5. The molecule has 0 amide bonds. The summed E-state index contributed by atoms with van der Waals surface area (Å²) in [6.45, 7) is 6.26. The lowest BCUT2D eigenvalue weighted by molar-refractivity contribution is -0.161. The summed E-state index contributed by atoms with van der Waals surface area (Å²) in [5, 5.41) is 0. The molecule has 0 radical (unpaired) electrons. The first-order valence-corrected chi connectivity index (χ1v) is 12.1. The van der Waals surface area contributed by atoms with Crippen LogP contribution in [0.15, 0.2) is 48.6 Å². The predicted octanol–water partition coefficient (Wildman–Crippen LogP) is 7.26. The molecule has 0 aliphatic carbocycles.